The Kier molecular flexibility index (Phi) is 1.87. The molecule has 0 N–H and O–H groups in total. The van der Waals surface area contributed by atoms with E-state index in [1.807, 2.05) is 6.92 Å². The van der Waals surface area contributed by atoms with Crippen LogP contribution in [-0.4, -0.2) is 24.3 Å². The fourth-order valence-electron chi connectivity index (χ4n) is 2.70. The highest BCUT2D eigenvalue weighted by atomic mass is 16.5. The summed E-state index contributed by atoms with van der Waals surface area (Å²) in [6, 6.07) is 0. The van der Waals surface area contributed by atoms with E-state index in [1.165, 1.54) is 0 Å². The van der Waals surface area contributed by atoms with Crippen LogP contribution < -0.4 is 0 Å². The van der Waals surface area contributed by atoms with E-state index in [0.29, 0.717) is 12.8 Å². The first-order valence-corrected chi connectivity index (χ1v) is 5.07. The molecule has 0 saturated heterocycles. The highest BCUT2D eigenvalue weighted by Gasteiger charge is 2.60. The summed E-state index contributed by atoms with van der Waals surface area (Å²) in [4.78, 5) is 23.7. The summed E-state index contributed by atoms with van der Waals surface area (Å²) in [5, 5.41) is 0. The highest BCUT2D eigenvalue weighted by molar-refractivity contribution is 6.14. The van der Waals surface area contributed by atoms with Crippen LogP contribution in [0, 0.1) is 11.3 Å². The van der Waals surface area contributed by atoms with Crippen LogP contribution in [0.3, 0.4) is 0 Å². The van der Waals surface area contributed by atoms with Crippen LogP contribution in [0.2, 0.25) is 0 Å². The SMILES string of the molecule is CO[C@@]1(C)CC[C@@]2(C)C(=O)C[C@@H]1C2=O. The Morgan fingerprint density at radius 2 is 1.93 bits per heavy atom. The Bertz CT molecular complexity index is 310. The van der Waals surface area contributed by atoms with Crippen LogP contribution in [0.15, 0.2) is 0 Å². The molecular weight excluding hydrogens is 180 g/mol. The van der Waals surface area contributed by atoms with Gasteiger partial charge in [-0.25, -0.2) is 0 Å². The Morgan fingerprint density at radius 3 is 2.50 bits per heavy atom. The fourth-order valence-corrected chi connectivity index (χ4v) is 2.70. The Balaban J connectivity index is 2.41. The van der Waals surface area contributed by atoms with Gasteiger partial charge in [0.15, 0.2) is 5.78 Å². The third-order valence-corrected chi connectivity index (χ3v) is 4.19. The zero-order chi connectivity index (χ0) is 10.6. The van der Waals surface area contributed by atoms with Crippen LogP contribution in [-0.2, 0) is 14.3 Å². The summed E-state index contributed by atoms with van der Waals surface area (Å²) >= 11 is 0. The minimum atomic E-state index is -0.692. The van der Waals surface area contributed by atoms with Crippen molar-refractivity contribution in [2.24, 2.45) is 11.3 Å². The number of rotatable bonds is 1. The van der Waals surface area contributed by atoms with Crippen molar-refractivity contribution in [1.29, 1.82) is 0 Å². The van der Waals surface area contributed by atoms with Crippen molar-refractivity contribution in [3.8, 4) is 0 Å². The maximum absolute atomic E-state index is 12.0. The first-order chi connectivity index (χ1) is 6.44. The fraction of sp³-hybridized carbons (Fsp3) is 0.818. The summed E-state index contributed by atoms with van der Waals surface area (Å²) in [5.41, 5.74) is -1.11. The molecule has 0 radical (unpaired) electrons. The Labute approximate surface area is 83.8 Å². The van der Waals surface area contributed by atoms with Gasteiger partial charge in [-0.05, 0) is 26.7 Å². The molecule has 2 aliphatic carbocycles. The van der Waals surface area contributed by atoms with E-state index in [2.05, 4.69) is 0 Å². The monoisotopic (exact) mass is 196 g/mol. The number of fused-ring (bicyclic) bond motifs is 2. The van der Waals surface area contributed by atoms with E-state index >= 15 is 0 Å². The smallest absolute Gasteiger partial charge is 0.152 e. The number of hydrogen-bond acceptors (Lipinski definition) is 3. The maximum atomic E-state index is 12.0. The summed E-state index contributed by atoms with van der Waals surface area (Å²) in [6.45, 7) is 3.72. The average molecular weight is 196 g/mol. The number of carbonyl (C=O) groups excluding carboxylic acids is 2. The third-order valence-electron chi connectivity index (χ3n) is 4.19. The lowest BCUT2D eigenvalue weighted by Gasteiger charge is -2.39. The molecule has 2 aliphatic rings. The molecule has 2 saturated carbocycles. The molecule has 3 nitrogen and oxygen atoms in total. The molecule has 0 aromatic carbocycles. The molecule has 0 aromatic heterocycles. The predicted octanol–water partition coefficient (Wildman–Crippen LogP) is 1.35. The van der Waals surface area contributed by atoms with Crippen molar-refractivity contribution < 1.29 is 14.3 Å². The van der Waals surface area contributed by atoms with Gasteiger partial charge < -0.3 is 4.74 Å². The maximum Gasteiger partial charge on any atom is 0.152 e. The number of hydrogen-bond donors (Lipinski definition) is 0. The standard InChI is InChI=1S/C11H16O3/c1-10-4-5-11(2,14-3)7(9(10)13)6-8(10)12/h7H,4-6H2,1-3H3/t7-,10+,11+/m1/s1. The predicted molar refractivity (Wildman–Crippen MR) is 50.9 cm³/mol. The second-order valence-corrected chi connectivity index (χ2v) is 4.89. The second kappa shape index (κ2) is 2.66. The van der Waals surface area contributed by atoms with Gasteiger partial charge in [-0.1, -0.05) is 0 Å². The van der Waals surface area contributed by atoms with E-state index in [0.717, 1.165) is 6.42 Å². The minimum Gasteiger partial charge on any atom is -0.378 e. The highest BCUT2D eigenvalue weighted by Crippen LogP contribution is 2.51. The Morgan fingerprint density at radius 1 is 1.29 bits per heavy atom. The van der Waals surface area contributed by atoms with Crippen molar-refractivity contribution in [2.45, 2.75) is 38.7 Å². The van der Waals surface area contributed by atoms with Gasteiger partial charge in [-0.15, -0.1) is 0 Å². The van der Waals surface area contributed by atoms with E-state index in [9.17, 15) is 9.59 Å². The van der Waals surface area contributed by atoms with E-state index in [1.54, 1.807) is 14.0 Å². The van der Waals surface area contributed by atoms with Gasteiger partial charge in [-0.2, -0.15) is 0 Å². The first kappa shape index (κ1) is 9.84. The van der Waals surface area contributed by atoms with E-state index < -0.39 is 11.0 Å². The van der Waals surface area contributed by atoms with E-state index in [-0.39, 0.29) is 17.5 Å². The van der Waals surface area contributed by atoms with Gasteiger partial charge in [0.2, 0.25) is 0 Å². The lowest BCUT2D eigenvalue weighted by molar-refractivity contribution is -0.147. The number of ketones is 2. The zero-order valence-electron chi connectivity index (χ0n) is 8.92. The average Bonchev–Trinajstić information content (AvgIpc) is 2.32. The van der Waals surface area contributed by atoms with Crippen molar-refractivity contribution >= 4 is 11.6 Å². The molecule has 0 heterocycles. The summed E-state index contributed by atoms with van der Waals surface area (Å²) < 4.78 is 5.40. The number of Topliss-reactive ketones (excluding diaryl/α,β-unsaturated/α-hetero) is 2. The summed E-state index contributed by atoms with van der Waals surface area (Å²) in [6.07, 6.45) is 1.83. The summed E-state index contributed by atoms with van der Waals surface area (Å²) in [5.74, 6) is -0.00914. The van der Waals surface area contributed by atoms with Crippen LogP contribution in [0.1, 0.15) is 33.1 Å². The molecule has 2 rings (SSSR count). The molecule has 0 aliphatic heterocycles. The molecule has 0 unspecified atom stereocenters. The van der Waals surface area contributed by atoms with Gasteiger partial charge >= 0.3 is 0 Å². The second-order valence-electron chi connectivity index (χ2n) is 4.89. The lowest BCUT2D eigenvalue weighted by atomic mass is 9.69. The molecule has 14 heavy (non-hydrogen) atoms. The molecule has 0 amide bonds. The van der Waals surface area contributed by atoms with Gasteiger partial charge in [0.05, 0.1) is 16.9 Å². The van der Waals surface area contributed by atoms with Crippen molar-refractivity contribution in [2.75, 3.05) is 7.11 Å². The topological polar surface area (TPSA) is 43.4 Å². The molecular formula is C11H16O3. The quantitative estimate of drug-likeness (QED) is 0.594. The first-order valence-electron chi connectivity index (χ1n) is 5.07. The minimum absolute atomic E-state index is 0.0955. The number of carbonyl (C=O) groups is 2. The van der Waals surface area contributed by atoms with Crippen LogP contribution in [0.25, 0.3) is 0 Å². The molecule has 2 fully saturated rings. The van der Waals surface area contributed by atoms with Crippen molar-refractivity contribution in [3.63, 3.8) is 0 Å². The molecule has 3 atom stereocenters. The number of ether oxygens (including phenoxy) is 1. The molecule has 2 bridgehead atoms. The van der Waals surface area contributed by atoms with Gasteiger partial charge in [0.25, 0.3) is 0 Å². The molecule has 0 aromatic rings. The van der Waals surface area contributed by atoms with Crippen molar-refractivity contribution in [1.82, 2.24) is 0 Å². The van der Waals surface area contributed by atoms with Crippen molar-refractivity contribution in [3.05, 3.63) is 0 Å². The number of methoxy groups -OCH3 is 1. The summed E-state index contributed by atoms with van der Waals surface area (Å²) in [7, 11) is 1.62. The molecule has 0 spiro atoms. The van der Waals surface area contributed by atoms with E-state index in [4.69, 9.17) is 4.74 Å². The largest absolute Gasteiger partial charge is 0.378 e. The molecule has 3 heteroatoms. The lowest BCUT2D eigenvalue weighted by Crippen LogP contribution is -2.47. The Hall–Kier alpha value is -0.700. The zero-order valence-corrected chi connectivity index (χ0v) is 8.92. The molecule has 78 valence electrons. The van der Waals surface area contributed by atoms with Gasteiger partial charge in [-0.3, -0.25) is 9.59 Å². The van der Waals surface area contributed by atoms with Gasteiger partial charge in [0, 0.05) is 13.5 Å². The van der Waals surface area contributed by atoms with Crippen LogP contribution in [0.5, 0.6) is 0 Å². The van der Waals surface area contributed by atoms with Crippen LogP contribution in [0.4, 0.5) is 0 Å². The van der Waals surface area contributed by atoms with Crippen LogP contribution >= 0.6 is 0 Å². The normalized spacial score (nSPS) is 47.2. The third kappa shape index (κ3) is 0.962. The van der Waals surface area contributed by atoms with Gasteiger partial charge in [0.1, 0.15) is 5.78 Å².